The molecule has 21 heavy (non-hydrogen) atoms. The Hall–Kier alpha value is -1.80. The molecule has 0 aliphatic carbocycles. The molecular weight excluding hydrogens is 291 g/mol. The van der Waals surface area contributed by atoms with Crippen molar-refractivity contribution in [3.8, 4) is 0 Å². The Kier molecular flexibility index (Phi) is 5.98. The lowest BCUT2D eigenvalue weighted by Gasteiger charge is -2.32. The molecule has 1 aliphatic rings. The highest BCUT2D eigenvalue weighted by Crippen LogP contribution is 2.22. The maximum Gasteiger partial charge on any atom is 0.493 e. The molecule has 9 heteroatoms. The molecule has 1 aliphatic heterocycles. The topological polar surface area (TPSA) is 82.5 Å². The van der Waals surface area contributed by atoms with Gasteiger partial charge in [0.25, 0.3) is 5.91 Å². The van der Waals surface area contributed by atoms with Gasteiger partial charge in [-0.05, 0) is 32.1 Å². The monoisotopic (exact) mass is 309 g/mol. The first kappa shape index (κ1) is 17.3. The maximum absolute atomic E-state index is 11.8. The number of hydroxylamine groups is 1. The second-order valence-electron chi connectivity index (χ2n) is 4.97. The number of amidine groups is 1. The average molecular weight is 309 g/mol. The maximum atomic E-state index is 11.8. The minimum atomic E-state index is -5.12. The van der Waals surface area contributed by atoms with Gasteiger partial charge in [-0.3, -0.25) is 10.2 Å². The number of hydrogen-bond donors (Lipinski definition) is 2. The number of rotatable bonds is 3. The molecule has 1 heterocycles. The number of nitrogens with zero attached hydrogens (tertiary/aromatic N) is 1. The van der Waals surface area contributed by atoms with Gasteiger partial charge >= 0.3 is 12.1 Å². The van der Waals surface area contributed by atoms with E-state index >= 15 is 0 Å². The highest BCUT2D eigenvalue weighted by Gasteiger charge is 2.41. The Labute approximate surface area is 120 Å². The third kappa shape index (κ3) is 6.01. The van der Waals surface area contributed by atoms with Crippen molar-refractivity contribution in [3.63, 3.8) is 0 Å². The molecule has 1 amide bonds. The number of likely N-dealkylation sites (tertiary alicyclic amines) is 1. The van der Waals surface area contributed by atoms with Gasteiger partial charge in [-0.2, -0.15) is 18.7 Å². The van der Waals surface area contributed by atoms with Crippen LogP contribution in [-0.4, -0.2) is 41.9 Å². The molecule has 0 unspecified atom stereocenters. The van der Waals surface area contributed by atoms with E-state index in [0.29, 0.717) is 12.3 Å². The summed E-state index contributed by atoms with van der Waals surface area (Å²) < 4.78 is 35.5. The standard InChI is InChI=1S/C12H18F3N3O3/c1-8(16)18-6-4-9(5-7-18)2-3-10(19)17-21-11(20)12(13,14)15/h9,16H,2-7H2,1H3,(H,17,19). The fraction of sp³-hybridized carbons (Fsp3) is 0.750. The fourth-order valence-corrected chi connectivity index (χ4v) is 2.10. The lowest BCUT2D eigenvalue weighted by Crippen LogP contribution is -2.37. The summed E-state index contributed by atoms with van der Waals surface area (Å²) in [4.78, 5) is 27.3. The summed E-state index contributed by atoms with van der Waals surface area (Å²) in [5.41, 5.74) is 1.50. The Balaban J connectivity index is 2.20. The van der Waals surface area contributed by atoms with E-state index in [-0.39, 0.29) is 12.3 Å². The molecule has 0 aromatic heterocycles. The van der Waals surface area contributed by atoms with Crippen molar-refractivity contribution >= 4 is 17.7 Å². The van der Waals surface area contributed by atoms with E-state index in [4.69, 9.17) is 5.41 Å². The molecule has 1 fully saturated rings. The SMILES string of the molecule is CC(=N)N1CCC(CCC(=O)NOC(=O)C(F)(F)F)CC1. The Bertz CT molecular complexity index is 404. The molecule has 1 rings (SSSR count). The van der Waals surface area contributed by atoms with Gasteiger partial charge in [-0.1, -0.05) is 0 Å². The van der Waals surface area contributed by atoms with E-state index in [1.165, 1.54) is 5.48 Å². The van der Waals surface area contributed by atoms with Gasteiger partial charge in [0, 0.05) is 19.5 Å². The number of nitrogens with one attached hydrogen (secondary N) is 2. The predicted molar refractivity (Wildman–Crippen MR) is 67.2 cm³/mol. The van der Waals surface area contributed by atoms with Crippen LogP contribution in [0, 0.1) is 11.3 Å². The zero-order chi connectivity index (χ0) is 16.0. The van der Waals surface area contributed by atoms with Crippen LogP contribution in [0.25, 0.3) is 0 Å². The summed E-state index contributed by atoms with van der Waals surface area (Å²) in [6.45, 7) is 3.19. The summed E-state index contributed by atoms with van der Waals surface area (Å²) in [7, 11) is 0. The van der Waals surface area contributed by atoms with Crippen LogP contribution >= 0.6 is 0 Å². The zero-order valence-corrected chi connectivity index (χ0v) is 11.6. The van der Waals surface area contributed by atoms with Crippen molar-refractivity contribution in [2.24, 2.45) is 5.92 Å². The lowest BCUT2D eigenvalue weighted by atomic mass is 9.92. The van der Waals surface area contributed by atoms with Crippen LogP contribution in [0.4, 0.5) is 13.2 Å². The Morgan fingerprint density at radius 3 is 2.38 bits per heavy atom. The van der Waals surface area contributed by atoms with Gasteiger partial charge in [0.2, 0.25) is 0 Å². The molecule has 0 radical (unpaired) electrons. The minimum absolute atomic E-state index is 0.000620. The van der Waals surface area contributed by atoms with Crippen LogP contribution in [0.2, 0.25) is 0 Å². The molecule has 0 spiro atoms. The average Bonchev–Trinajstić information content (AvgIpc) is 2.41. The van der Waals surface area contributed by atoms with Crippen molar-refractivity contribution < 1.29 is 27.6 Å². The van der Waals surface area contributed by atoms with E-state index in [2.05, 4.69) is 4.84 Å². The number of carbonyl (C=O) groups is 2. The molecule has 1 saturated heterocycles. The van der Waals surface area contributed by atoms with Crippen LogP contribution < -0.4 is 5.48 Å². The Morgan fingerprint density at radius 1 is 1.33 bits per heavy atom. The van der Waals surface area contributed by atoms with Crippen molar-refractivity contribution in [3.05, 3.63) is 0 Å². The lowest BCUT2D eigenvalue weighted by molar-refractivity contribution is -0.207. The van der Waals surface area contributed by atoms with E-state index in [0.717, 1.165) is 25.9 Å². The van der Waals surface area contributed by atoms with Gasteiger partial charge < -0.3 is 9.74 Å². The zero-order valence-electron chi connectivity index (χ0n) is 11.6. The van der Waals surface area contributed by atoms with E-state index in [1.54, 1.807) is 6.92 Å². The molecule has 0 bridgehead atoms. The van der Waals surface area contributed by atoms with Crippen LogP contribution in [0.3, 0.4) is 0 Å². The molecule has 6 nitrogen and oxygen atoms in total. The second kappa shape index (κ2) is 7.28. The summed E-state index contributed by atoms with van der Waals surface area (Å²) in [6, 6.07) is 0. The van der Waals surface area contributed by atoms with Crippen LogP contribution in [0.15, 0.2) is 0 Å². The number of amides is 1. The van der Waals surface area contributed by atoms with Gasteiger partial charge in [-0.15, -0.1) is 0 Å². The molecule has 120 valence electrons. The first-order valence-electron chi connectivity index (χ1n) is 6.57. The van der Waals surface area contributed by atoms with Crippen LogP contribution in [0.5, 0.6) is 0 Å². The van der Waals surface area contributed by atoms with Gasteiger partial charge in [-0.25, -0.2) is 4.79 Å². The van der Waals surface area contributed by atoms with E-state index < -0.39 is 18.1 Å². The second-order valence-corrected chi connectivity index (χ2v) is 4.97. The molecule has 0 aromatic rings. The quantitative estimate of drug-likeness (QED) is 0.471. The largest absolute Gasteiger partial charge is 0.493 e. The summed E-state index contributed by atoms with van der Waals surface area (Å²) in [5, 5.41) is 7.49. The smallest absolute Gasteiger partial charge is 0.361 e. The van der Waals surface area contributed by atoms with Crippen LogP contribution in [-0.2, 0) is 14.4 Å². The highest BCUT2D eigenvalue weighted by atomic mass is 19.4. The Morgan fingerprint density at radius 2 is 1.90 bits per heavy atom. The van der Waals surface area contributed by atoms with Crippen LogP contribution in [0.1, 0.15) is 32.6 Å². The van der Waals surface area contributed by atoms with Crippen molar-refractivity contribution in [2.45, 2.75) is 38.8 Å². The fourth-order valence-electron chi connectivity index (χ4n) is 2.10. The summed E-state index contributed by atoms with van der Waals surface area (Å²) >= 11 is 0. The summed E-state index contributed by atoms with van der Waals surface area (Å²) in [6.07, 6.45) is -2.96. The number of piperidine rings is 1. The molecule has 0 atom stereocenters. The number of alkyl halides is 3. The predicted octanol–water partition coefficient (Wildman–Crippen LogP) is 1.61. The number of carbonyl (C=O) groups excluding carboxylic acids is 2. The van der Waals surface area contributed by atoms with E-state index in [1.807, 2.05) is 4.90 Å². The molecule has 0 saturated carbocycles. The number of hydrogen-bond acceptors (Lipinski definition) is 4. The first-order valence-corrected chi connectivity index (χ1v) is 6.57. The van der Waals surface area contributed by atoms with Crippen molar-refractivity contribution in [1.29, 1.82) is 5.41 Å². The third-order valence-corrected chi connectivity index (χ3v) is 3.36. The molecular formula is C12H18F3N3O3. The van der Waals surface area contributed by atoms with Gasteiger partial charge in [0.15, 0.2) is 0 Å². The van der Waals surface area contributed by atoms with Crippen molar-refractivity contribution in [2.75, 3.05) is 13.1 Å². The van der Waals surface area contributed by atoms with Gasteiger partial charge in [0.1, 0.15) is 0 Å². The number of halogens is 3. The van der Waals surface area contributed by atoms with Crippen molar-refractivity contribution in [1.82, 2.24) is 10.4 Å². The normalized spacial score (nSPS) is 16.5. The third-order valence-electron chi connectivity index (χ3n) is 3.36. The first-order chi connectivity index (χ1) is 9.70. The summed E-state index contributed by atoms with van der Waals surface area (Å²) in [5.74, 6) is -2.40. The minimum Gasteiger partial charge on any atom is -0.361 e. The molecule has 0 aromatic carbocycles. The van der Waals surface area contributed by atoms with Gasteiger partial charge in [0.05, 0.1) is 5.84 Å². The van der Waals surface area contributed by atoms with E-state index in [9.17, 15) is 22.8 Å². The highest BCUT2D eigenvalue weighted by molar-refractivity contribution is 5.80. The molecule has 2 N–H and O–H groups in total.